The third kappa shape index (κ3) is 5.79. The van der Waals surface area contributed by atoms with Crippen molar-refractivity contribution in [1.29, 1.82) is 0 Å². The Kier molecular flexibility index (Phi) is 7.32. The smallest absolute Gasteiger partial charge is 0.331 e. The zero-order chi connectivity index (χ0) is 19.8. The van der Waals surface area contributed by atoms with Crippen LogP contribution in [0.1, 0.15) is 30.1 Å². The van der Waals surface area contributed by atoms with Crippen molar-refractivity contribution >= 4 is 23.5 Å². The predicted molar refractivity (Wildman–Crippen MR) is 97.2 cm³/mol. The van der Waals surface area contributed by atoms with E-state index < -0.39 is 12.0 Å². The Morgan fingerprint density at radius 2 is 1.89 bits per heavy atom. The van der Waals surface area contributed by atoms with Gasteiger partial charge in [0.1, 0.15) is 12.6 Å². The first kappa shape index (κ1) is 20.4. The molecule has 1 aromatic rings. The molecule has 0 bridgehead atoms. The van der Waals surface area contributed by atoms with Crippen LogP contribution in [0.3, 0.4) is 0 Å². The predicted octanol–water partition coefficient (Wildman–Crippen LogP) is 1.54. The maximum atomic E-state index is 12.5. The van der Waals surface area contributed by atoms with E-state index in [4.69, 9.17) is 11.3 Å². The highest BCUT2D eigenvalue weighted by Gasteiger charge is 2.27. The van der Waals surface area contributed by atoms with Crippen LogP contribution in [-0.4, -0.2) is 61.6 Å². The lowest BCUT2D eigenvalue weighted by atomic mass is 10.1. The van der Waals surface area contributed by atoms with Crippen molar-refractivity contribution in [3.63, 3.8) is 0 Å². The lowest BCUT2D eigenvalue weighted by Gasteiger charge is -2.33. The topological polar surface area (TPSA) is 89.3 Å². The van der Waals surface area contributed by atoms with Crippen molar-refractivity contribution < 1.29 is 23.9 Å². The standard InChI is InChI=1S/C19H23N3O5/c1-13(21-18(24)14-4-6-15(20-2)7-5-14)19(25)22-10-8-16(9-11-22)27-12-17(23)26-3/h4-7,13,16H,8-12H2,1,3H3,(H,21,24). The second-order valence-corrected chi connectivity index (χ2v) is 6.27. The van der Waals surface area contributed by atoms with Crippen LogP contribution in [0.15, 0.2) is 24.3 Å². The number of likely N-dealkylation sites (tertiary alicyclic amines) is 1. The first-order valence-electron chi connectivity index (χ1n) is 8.70. The van der Waals surface area contributed by atoms with E-state index in [9.17, 15) is 14.4 Å². The zero-order valence-corrected chi connectivity index (χ0v) is 15.4. The highest BCUT2D eigenvalue weighted by Crippen LogP contribution is 2.15. The number of hydrogen-bond acceptors (Lipinski definition) is 5. The minimum atomic E-state index is -0.662. The quantitative estimate of drug-likeness (QED) is 0.603. The molecule has 0 radical (unpaired) electrons. The van der Waals surface area contributed by atoms with E-state index in [2.05, 4.69) is 14.9 Å². The lowest BCUT2D eigenvalue weighted by Crippen LogP contribution is -2.50. The number of rotatable bonds is 6. The SMILES string of the molecule is [C-]#[N+]c1ccc(C(=O)NC(C)C(=O)N2CCC(OCC(=O)OC)CC2)cc1. The Morgan fingerprint density at radius 1 is 1.26 bits per heavy atom. The third-order valence-corrected chi connectivity index (χ3v) is 4.39. The van der Waals surface area contributed by atoms with Crippen molar-refractivity contribution in [2.45, 2.75) is 31.9 Å². The summed E-state index contributed by atoms with van der Waals surface area (Å²) in [5.74, 6) is -0.939. The molecule has 1 unspecified atom stereocenters. The molecule has 1 aliphatic rings. The monoisotopic (exact) mass is 373 g/mol. The number of methoxy groups -OCH3 is 1. The van der Waals surface area contributed by atoms with E-state index in [-0.39, 0.29) is 24.5 Å². The van der Waals surface area contributed by atoms with Gasteiger partial charge in [0.05, 0.1) is 19.8 Å². The maximum absolute atomic E-state index is 12.5. The molecule has 0 saturated carbocycles. The van der Waals surface area contributed by atoms with Crippen molar-refractivity contribution in [3.8, 4) is 0 Å². The van der Waals surface area contributed by atoms with Gasteiger partial charge in [0, 0.05) is 18.7 Å². The number of nitrogens with one attached hydrogen (secondary N) is 1. The van der Waals surface area contributed by atoms with Gasteiger partial charge in [0.25, 0.3) is 5.91 Å². The molecule has 1 atom stereocenters. The Morgan fingerprint density at radius 3 is 2.44 bits per heavy atom. The molecular weight excluding hydrogens is 350 g/mol. The van der Waals surface area contributed by atoms with Crippen LogP contribution in [0, 0.1) is 6.57 Å². The molecule has 1 aromatic carbocycles. The number of piperidine rings is 1. The molecule has 1 saturated heterocycles. The number of amides is 2. The average molecular weight is 373 g/mol. The van der Waals surface area contributed by atoms with Crippen LogP contribution in [-0.2, 0) is 19.1 Å². The second-order valence-electron chi connectivity index (χ2n) is 6.27. The van der Waals surface area contributed by atoms with Crippen molar-refractivity contribution in [3.05, 3.63) is 41.2 Å². The van der Waals surface area contributed by atoms with Crippen LogP contribution in [0.4, 0.5) is 5.69 Å². The Balaban J connectivity index is 1.80. The molecule has 8 nitrogen and oxygen atoms in total. The molecule has 1 N–H and O–H groups in total. The van der Waals surface area contributed by atoms with E-state index in [0.717, 1.165) is 0 Å². The summed E-state index contributed by atoms with van der Waals surface area (Å²) in [6, 6.07) is 5.58. The van der Waals surface area contributed by atoms with Gasteiger partial charge in [-0.3, -0.25) is 9.59 Å². The number of esters is 1. The molecule has 8 heteroatoms. The summed E-state index contributed by atoms with van der Waals surface area (Å²) in [6.07, 6.45) is 1.17. The van der Waals surface area contributed by atoms with Gasteiger partial charge >= 0.3 is 5.97 Å². The van der Waals surface area contributed by atoms with E-state index in [1.54, 1.807) is 36.1 Å². The van der Waals surface area contributed by atoms with Crippen LogP contribution >= 0.6 is 0 Å². The Labute approximate surface area is 158 Å². The number of carbonyl (C=O) groups excluding carboxylic acids is 3. The van der Waals surface area contributed by atoms with Gasteiger partial charge < -0.3 is 19.7 Å². The van der Waals surface area contributed by atoms with Gasteiger partial charge in [-0.2, -0.15) is 0 Å². The summed E-state index contributed by atoms with van der Waals surface area (Å²) in [5, 5.41) is 2.69. The molecule has 2 amide bonds. The van der Waals surface area contributed by atoms with Gasteiger partial charge in [-0.05, 0) is 19.8 Å². The van der Waals surface area contributed by atoms with Crippen molar-refractivity contribution in [1.82, 2.24) is 10.2 Å². The maximum Gasteiger partial charge on any atom is 0.331 e. The van der Waals surface area contributed by atoms with Gasteiger partial charge in [-0.25, -0.2) is 9.64 Å². The fraction of sp³-hybridized carbons (Fsp3) is 0.474. The molecule has 0 aliphatic carbocycles. The van der Waals surface area contributed by atoms with Crippen LogP contribution in [0.5, 0.6) is 0 Å². The fourth-order valence-electron chi connectivity index (χ4n) is 2.79. The fourth-order valence-corrected chi connectivity index (χ4v) is 2.79. The largest absolute Gasteiger partial charge is 0.467 e. The Bertz CT molecular complexity index is 718. The van der Waals surface area contributed by atoms with Crippen LogP contribution in [0.25, 0.3) is 4.85 Å². The number of hydrogen-bond donors (Lipinski definition) is 1. The van der Waals surface area contributed by atoms with E-state index in [0.29, 0.717) is 37.2 Å². The van der Waals surface area contributed by atoms with Crippen LogP contribution in [0.2, 0.25) is 0 Å². The minimum absolute atomic E-state index is 0.0842. The van der Waals surface area contributed by atoms with Gasteiger partial charge in [0.2, 0.25) is 5.91 Å². The first-order chi connectivity index (χ1) is 12.9. The number of carbonyl (C=O) groups is 3. The summed E-state index contributed by atoms with van der Waals surface area (Å²) >= 11 is 0. The van der Waals surface area contributed by atoms with Crippen molar-refractivity contribution in [2.75, 3.05) is 26.8 Å². The molecule has 0 aromatic heterocycles. The number of ether oxygens (including phenoxy) is 2. The third-order valence-electron chi connectivity index (χ3n) is 4.39. The molecule has 2 rings (SSSR count). The summed E-state index contributed by atoms with van der Waals surface area (Å²) in [7, 11) is 1.31. The average Bonchev–Trinajstić information content (AvgIpc) is 2.71. The molecule has 27 heavy (non-hydrogen) atoms. The molecule has 1 heterocycles. The molecule has 144 valence electrons. The summed E-state index contributed by atoms with van der Waals surface area (Å²) in [6.45, 7) is 9.48. The number of nitrogens with zero attached hydrogens (tertiary/aromatic N) is 2. The Hall–Kier alpha value is -2.92. The second kappa shape index (κ2) is 9.69. The summed E-state index contributed by atoms with van der Waals surface area (Å²) in [4.78, 5) is 40.9. The lowest BCUT2D eigenvalue weighted by molar-refractivity contribution is -0.150. The normalized spacial score (nSPS) is 15.5. The molecule has 1 fully saturated rings. The van der Waals surface area contributed by atoms with E-state index in [1.165, 1.54) is 7.11 Å². The summed E-state index contributed by atoms with van der Waals surface area (Å²) in [5.41, 5.74) is 0.852. The highest BCUT2D eigenvalue weighted by atomic mass is 16.6. The summed E-state index contributed by atoms with van der Waals surface area (Å²) < 4.78 is 10.00. The van der Waals surface area contributed by atoms with Crippen molar-refractivity contribution in [2.24, 2.45) is 0 Å². The van der Waals surface area contributed by atoms with Gasteiger partial charge in [-0.15, -0.1) is 0 Å². The zero-order valence-electron chi connectivity index (χ0n) is 15.4. The molecule has 0 spiro atoms. The van der Waals surface area contributed by atoms with E-state index >= 15 is 0 Å². The van der Waals surface area contributed by atoms with Gasteiger partial charge in [-0.1, -0.05) is 24.3 Å². The van der Waals surface area contributed by atoms with Crippen LogP contribution < -0.4 is 5.32 Å². The first-order valence-corrected chi connectivity index (χ1v) is 8.70. The van der Waals surface area contributed by atoms with Gasteiger partial charge in [0.15, 0.2) is 5.69 Å². The van der Waals surface area contributed by atoms with E-state index in [1.807, 2.05) is 0 Å². The number of benzene rings is 1. The molecular formula is C19H23N3O5. The minimum Gasteiger partial charge on any atom is -0.467 e. The highest BCUT2D eigenvalue weighted by molar-refractivity contribution is 5.97. The molecule has 1 aliphatic heterocycles.